The van der Waals surface area contributed by atoms with E-state index in [0.717, 1.165) is 0 Å². The SMILES string of the molecule is Cc1ccc(S/C(=C\c2ccccc2)c2ccccc2)cc1. The van der Waals surface area contributed by atoms with Gasteiger partial charge >= 0.3 is 0 Å². The summed E-state index contributed by atoms with van der Waals surface area (Å²) in [5.41, 5.74) is 3.76. The molecule has 0 atom stereocenters. The normalized spacial score (nSPS) is 11.4. The van der Waals surface area contributed by atoms with Crippen LogP contribution >= 0.6 is 11.8 Å². The van der Waals surface area contributed by atoms with Crippen LogP contribution in [0.5, 0.6) is 0 Å². The minimum atomic E-state index is 1.22. The van der Waals surface area contributed by atoms with E-state index in [1.165, 1.54) is 26.5 Å². The second kappa shape index (κ2) is 7.15. The highest BCUT2D eigenvalue weighted by molar-refractivity contribution is 8.08. The quantitative estimate of drug-likeness (QED) is 0.403. The number of rotatable bonds is 4. The Labute approximate surface area is 136 Å². The number of aryl methyl sites for hydroxylation is 1. The molecule has 0 radical (unpaired) electrons. The molecule has 3 aromatic rings. The average molecular weight is 302 g/mol. The van der Waals surface area contributed by atoms with Gasteiger partial charge in [-0.15, -0.1) is 0 Å². The fraction of sp³-hybridized carbons (Fsp3) is 0.0476. The Morgan fingerprint density at radius 1 is 0.727 bits per heavy atom. The Hall–Kier alpha value is -2.25. The van der Waals surface area contributed by atoms with Crippen LogP contribution in [-0.4, -0.2) is 0 Å². The minimum absolute atomic E-state index is 1.22. The molecule has 0 fully saturated rings. The van der Waals surface area contributed by atoms with Crippen LogP contribution in [0, 0.1) is 6.92 Å². The van der Waals surface area contributed by atoms with Gasteiger partial charge in [-0.2, -0.15) is 0 Å². The van der Waals surface area contributed by atoms with Crippen molar-refractivity contribution in [2.75, 3.05) is 0 Å². The van der Waals surface area contributed by atoms with E-state index >= 15 is 0 Å². The topological polar surface area (TPSA) is 0 Å². The van der Waals surface area contributed by atoms with Crippen LogP contribution < -0.4 is 0 Å². The van der Waals surface area contributed by atoms with E-state index in [4.69, 9.17) is 0 Å². The Morgan fingerprint density at radius 3 is 1.95 bits per heavy atom. The summed E-state index contributed by atoms with van der Waals surface area (Å²) < 4.78 is 0. The lowest BCUT2D eigenvalue weighted by Gasteiger charge is -2.08. The van der Waals surface area contributed by atoms with Crippen molar-refractivity contribution in [2.24, 2.45) is 0 Å². The molecule has 0 nitrogen and oxygen atoms in total. The molecule has 0 unspecified atom stereocenters. The molecule has 3 aromatic carbocycles. The van der Waals surface area contributed by atoms with Gasteiger partial charge in [0.05, 0.1) is 0 Å². The van der Waals surface area contributed by atoms with Crippen LogP contribution in [0.1, 0.15) is 16.7 Å². The first kappa shape index (κ1) is 14.7. The highest BCUT2D eigenvalue weighted by Crippen LogP contribution is 2.35. The lowest BCUT2D eigenvalue weighted by atomic mass is 10.1. The molecule has 0 spiro atoms. The second-order valence-corrected chi connectivity index (χ2v) is 6.32. The molecule has 0 aliphatic carbocycles. The van der Waals surface area contributed by atoms with Crippen molar-refractivity contribution in [2.45, 2.75) is 11.8 Å². The standard InChI is InChI=1S/C21H18S/c1-17-12-14-20(15-13-17)22-21(19-10-6-3-7-11-19)16-18-8-4-2-5-9-18/h2-16H,1H3/b21-16-. The number of thioether (sulfide) groups is 1. The van der Waals surface area contributed by atoms with E-state index < -0.39 is 0 Å². The summed E-state index contributed by atoms with van der Waals surface area (Å²) in [7, 11) is 0. The summed E-state index contributed by atoms with van der Waals surface area (Å²) >= 11 is 1.81. The summed E-state index contributed by atoms with van der Waals surface area (Å²) in [5, 5.41) is 0. The van der Waals surface area contributed by atoms with E-state index in [1.54, 1.807) is 11.8 Å². The van der Waals surface area contributed by atoms with E-state index in [9.17, 15) is 0 Å². The molecule has 0 amide bonds. The first-order valence-corrected chi connectivity index (χ1v) is 8.19. The molecule has 0 aliphatic rings. The molecule has 0 bridgehead atoms. The maximum Gasteiger partial charge on any atom is 0.0200 e. The van der Waals surface area contributed by atoms with Gasteiger partial charge in [0, 0.05) is 9.80 Å². The molecule has 22 heavy (non-hydrogen) atoms. The van der Waals surface area contributed by atoms with Crippen molar-refractivity contribution in [1.82, 2.24) is 0 Å². The Balaban J connectivity index is 1.96. The molecule has 0 aliphatic heterocycles. The van der Waals surface area contributed by atoms with Gasteiger partial charge in [-0.05, 0) is 36.3 Å². The maximum absolute atomic E-state index is 2.25. The Morgan fingerprint density at radius 2 is 1.32 bits per heavy atom. The van der Waals surface area contributed by atoms with Crippen molar-refractivity contribution in [3.8, 4) is 0 Å². The summed E-state index contributed by atoms with van der Waals surface area (Å²) in [6.45, 7) is 2.12. The first-order chi connectivity index (χ1) is 10.8. The second-order valence-electron chi connectivity index (χ2n) is 5.20. The van der Waals surface area contributed by atoms with Crippen LogP contribution in [-0.2, 0) is 0 Å². The molecule has 0 heterocycles. The van der Waals surface area contributed by atoms with E-state index in [-0.39, 0.29) is 0 Å². The minimum Gasteiger partial charge on any atom is -0.0895 e. The third-order valence-corrected chi connectivity index (χ3v) is 4.49. The predicted octanol–water partition coefficient (Wildman–Crippen LogP) is 6.29. The predicted molar refractivity (Wildman–Crippen MR) is 97.8 cm³/mol. The van der Waals surface area contributed by atoms with Crippen LogP contribution in [0.25, 0.3) is 11.0 Å². The Bertz CT molecular complexity index is 741. The fourth-order valence-corrected chi connectivity index (χ4v) is 3.18. The molecule has 0 N–H and O–H groups in total. The van der Waals surface area contributed by atoms with Gasteiger partial charge in [0.15, 0.2) is 0 Å². The van der Waals surface area contributed by atoms with Crippen molar-refractivity contribution < 1.29 is 0 Å². The Kier molecular flexibility index (Phi) is 4.77. The molecule has 0 aromatic heterocycles. The molecular formula is C21H18S. The van der Waals surface area contributed by atoms with Gasteiger partial charge in [-0.25, -0.2) is 0 Å². The van der Waals surface area contributed by atoms with Crippen LogP contribution in [0.3, 0.4) is 0 Å². The lowest BCUT2D eigenvalue weighted by molar-refractivity contribution is 1.38. The molecule has 0 saturated carbocycles. The summed E-state index contributed by atoms with van der Waals surface area (Å²) in [6, 6.07) is 29.7. The molecule has 1 heteroatoms. The third-order valence-electron chi connectivity index (χ3n) is 3.40. The van der Waals surface area contributed by atoms with Crippen LogP contribution in [0.2, 0.25) is 0 Å². The van der Waals surface area contributed by atoms with Crippen molar-refractivity contribution in [3.05, 3.63) is 102 Å². The number of hydrogen-bond donors (Lipinski definition) is 0. The number of hydrogen-bond acceptors (Lipinski definition) is 1. The van der Waals surface area contributed by atoms with Gasteiger partial charge in [-0.1, -0.05) is 90.1 Å². The van der Waals surface area contributed by atoms with Gasteiger partial charge < -0.3 is 0 Å². The van der Waals surface area contributed by atoms with E-state index in [0.29, 0.717) is 0 Å². The van der Waals surface area contributed by atoms with Crippen molar-refractivity contribution >= 4 is 22.7 Å². The molecular weight excluding hydrogens is 284 g/mol. The van der Waals surface area contributed by atoms with Crippen LogP contribution in [0.4, 0.5) is 0 Å². The highest BCUT2D eigenvalue weighted by atomic mass is 32.2. The van der Waals surface area contributed by atoms with Gasteiger partial charge in [-0.3, -0.25) is 0 Å². The lowest BCUT2D eigenvalue weighted by Crippen LogP contribution is -1.82. The van der Waals surface area contributed by atoms with Gasteiger partial charge in [0.2, 0.25) is 0 Å². The van der Waals surface area contributed by atoms with Gasteiger partial charge in [0.1, 0.15) is 0 Å². The summed E-state index contributed by atoms with van der Waals surface area (Å²) in [6.07, 6.45) is 2.25. The molecule has 0 saturated heterocycles. The highest BCUT2D eigenvalue weighted by Gasteiger charge is 2.04. The van der Waals surface area contributed by atoms with Crippen molar-refractivity contribution in [3.63, 3.8) is 0 Å². The van der Waals surface area contributed by atoms with E-state index in [2.05, 4.69) is 91.9 Å². The maximum atomic E-state index is 2.25. The zero-order chi connectivity index (χ0) is 15.2. The molecule has 108 valence electrons. The largest absolute Gasteiger partial charge is 0.0895 e. The average Bonchev–Trinajstić information content (AvgIpc) is 2.58. The number of benzene rings is 3. The summed E-state index contributed by atoms with van der Waals surface area (Å²) in [4.78, 5) is 2.52. The first-order valence-electron chi connectivity index (χ1n) is 7.38. The van der Waals surface area contributed by atoms with E-state index in [1.807, 2.05) is 6.07 Å². The monoisotopic (exact) mass is 302 g/mol. The zero-order valence-electron chi connectivity index (χ0n) is 12.6. The fourth-order valence-electron chi connectivity index (χ4n) is 2.21. The zero-order valence-corrected chi connectivity index (χ0v) is 13.4. The third kappa shape index (κ3) is 3.90. The summed E-state index contributed by atoms with van der Waals surface area (Å²) in [5.74, 6) is 0. The smallest absolute Gasteiger partial charge is 0.0200 e. The van der Waals surface area contributed by atoms with Gasteiger partial charge in [0.25, 0.3) is 0 Å². The van der Waals surface area contributed by atoms with Crippen molar-refractivity contribution in [1.29, 1.82) is 0 Å². The molecule has 3 rings (SSSR count). The van der Waals surface area contributed by atoms with Crippen LogP contribution in [0.15, 0.2) is 89.8 Å².